The minimum Gasteiger partial charge on any atom is -0.313 e. The van der Waals surface area contributed by atoms with Crippen molar-refractivity contribution in [3.63, 3.8) is 0 Å². The van der Waals surface area contributed by atoms with Crippen molar-refractivity contribution in [2.45, 2.75) is 32.2 Å². The monoisotopic (exact) mass is 276 g/mol. The number of halogens is 1. The molecule has 0 aliphatic heterocycles. The van der Waals surface area contributed by atoms with E-state index in [1.54, 1.807) is 17.1 Å². The van der Waals surface area contributed by atoms with Crippen LogP contribution in [-0.2, 0) is 19.9 Å². The summed E-state index contributed by atoms with van der Waals surface area (Å²) in [5.74, 6) is 0.767. The van der Waals surface area contributed by atoms with Gasteiger partial charge in [0.2, 0.25) is 0 Å². The molecule has 0 saturated carbocycles. The Labute approximate surface area is 119 Å². The molecule has 108 valence electrons. The Morgan fingerprint density at radius 1 is 1.30 bits per heavy atom. The molecular weight excluding hydrogens is 255 g/mol. The van der Waals surface area contributed by atoms with Crippen molar-refractivity contribution in [2.75, 3.05) is 6.54 Å². The van der Waals surface area contributed by atoms with Crippen molar-refractivity contribution in [3.8, 4) is 0 Å². The molecule has 1 atom stereocenters. The van der Waals surface area contributed by atoms with Crippen molar-refractivity contribution in [2.24, 2.45) is 7.05 Å². The van der Waals surface area contributed by atoms with Gasteiger partial charge in [-0.3, -0.25) is 4.68 Å². The van der Waals surface area contributed by atoms with Crippen molar-refractivity contribution >= 4 is 0 Å². The van der Waals surface area contributed by atoms with Crippen LogP contribution in [0.15, 0.2) is 30.6 Å². The molecule has 1 heterocycles. The van der Waals surface area contributed by atoms with Gasteiger partial charge in [-0.1, -0.05) is 25.1 Å². The first-order valence-corrected chi connectivity index (χ1v) is 7.00. The van der Waals surface area contributed by atoms with E-state index in [0.717, 1.165) is 30.8 Å². The smallest absolute Gasteiger partial charge is 0.138 e. The first-order chi connectivity index (χ1) is 9.70. The van der Waals surface area contributed by atoms with Crippen LogP contribution >= 0.6 is 0 Å². The second-order valence-electron chi connectivity index (χ2n) is 4.95. The maximum absolute atomic E-state index is 13.8. The minimum absolute atomic E-state index is 0.145. The normalized spacial score (nSPS) is 12.6. The Balaban J connectivity index is 2.07. The summed E-state index contributed by atoms with van der Waals surface area (Å²) in [6.45, 7) is 3.03. The zero-order valence-corrected chi connectivity index (χ0v) is 12.0. The summed E-state index contributed by atoms with van der Waals surface area (Å²) in [5.41, 5.74) is 0.739. The highest BCUT2D eigenvalue weighted by Gasteiger charge is 2.14. The van der Waals surface area contributed by atoms with Crippen LogP contribution in [0.5, 0.6) is 0 Å². The van der Waals surface area contributed by atoms with Crippen LogP contribution in [0.2, 0.25) is 0 Å². The molecule has 5 heteroatoms. The van der Waals surface area contributed by atoms with Crippen LogP contribution < -0.4 is 5.32 Å². The predicted molar refractivity (Wildman–Crippen MR) is 76.9 cm³/mol. The molecule has 20 heavy (non-hydrogen) atoms. The fourth-order valence-corrected chi connectivity index (χ4v) is 2.22. The summed E-state index contributed by atoms with van der Waals surface area (Å²) in [6, 6.07) is 7.10. The van der Waals surface area contributed by atoms with E-state index in [0.29, 0.717) is 6.42 Å². The second-order valence-corrected chi connectivity index (χ2v) is 4.95. The topological polar surface area (TPSA) is 42.7 Å². The fraction of sp³-hybridized carbons (Fsp3) is 0.467. The molecule has 1 aromatic heterocycles. The van der Waals surface area contributed by atoms with Gasteiger partial charge >= 0.3 is 0 Å². The van der Waals surface area contributed by atoms with Gasteiger partial charge in [-0.25, -0.2) is 9.37 Å². The first kappa shape index (κ1) is 14.7. The van der Waals surface area contributed by atoms with Crippen LogP contribution in [0, 0.1) is 5.82 Å². The molecule has 0 fully saturated rings. The number of rotatable bonds is 7. The van der Waals surface area contributed by atoms with Gasteiger partial charge in [0, 0.05) is 19.5 Å². The molecule has 1 unspecified atom stereocenters. The summed E-state index contributed by atoms with van der Waals surface area (Å²) in [5, 5.41) is 7.54. The molecule has 0 bridgehead atoms. The lowest BCUT2D eigenvalue weighted by Crippen LogP contribution is -2.35. The highest BCUT2D eigenvalue weighted by atomic mass is 19.1. The SMILES string of the molecule is CCCNC(Cc1ccccc1F)Cc1ncnn1C. The maximum Gasteiger partial charge on any atom is 0.138 e. The lowest BCUT2D eigenvalue weighted by atomic mass is 10.0. The van der Waals surface area contributed by atoms with Gasteiger partial charge < -0.3 is 5.32 Å². The van der Waals surface area contributed by atoms with Gasteiger partial charge in [-0.2, -0.15) is 5.10 Å². The summed E-state index contributed by atoms with van der Waals surface area (Å²) >= 11 is 0. The zero-order valence-electron chi connectivity index (χ0n) is 12.0. The quantitative estimate of drug-likeness (QED) is 0.842. The number of hydrogen-bond acceptors (Lipinski definition) is 3. The summed E-state index contributed by atoms with van der Waals surface area (Å²) < 4.78 is 15.5. The minimum atomic E-state index is -0.145. The highest BCUT2D eigenvalue weighted by molar-refractivity contribution is 5.18. The number of aryl methyl sites for hydroxylation is 1. The van der Waals surface area contributed by atoms with Crippen molar-refractivity contribution in [1.29, 1.82) is 0 Å². The van der Waals surface area contributed by atoms with E-state index in [9.17, 15) is 4.39 Å². The van der Waals surface area contributed by atoms with Crippen molar-refractivity contribution < 1.29 is 4.39 Å². The van der Waals surface area contributed by atoms with E-state index in [-0.39, 0.29) is 11.9 Å². The van der Waals surface area contributed by atoms with E-state index >= 15 is 0 Å². The van der Waals surface area contributed by atoms with Crippen LogP contribution in [0.25, 0.3) is 0 Å². The van der Waals surface area contributed by atoms with Gasteiger partial charge in [0.15, 0.2) is 0 Å². The van der Waals surface area contributed by atoms with E-state index in [4.69, 9.17) is 0 Å². The molecule has 0 amide bonds. The molecule has 2 rings (SSSR count). The molecular formula is C15H21FN4. The van der Waals surface area contributed by atoms with Crippen LogP contribution in [-0.4, -0.2) is 27.4 Å². The van der Waals surface area contributed by atoms with Crippen LogP contribution in [0.4, 0.5) is 4.39 Å². The lowest BCUT2D eigenvalue weighted by molar-refractivity contribution is 0.476. The average Bonchev–Trinajstić information content (AvgIpc) is 2.84. The number of hydrogen-bond donors (Lipinski definition) is 1. The Bertz CT molecular complexity index is 538. The van der Waals surface area contributed by atoms with Gasteiger partial charge in [0.05, 0.1) is 0 Å². The summed E-state index contributed by atoms with van der Waals surface area (Å²) in [4.78, 5) is 4.25. The molecule has 0 radical (unpaired) electrons. The van der Waals surface area contributed by atoms with Crippen molar-refractivity contribution in [3.05, 3.63) is 47.8 Å². The van der Waals surface area contributed by atoms with E-state index < -0.39 is 0 Å². The Kier molecular flexibility index (Phi) is 5.24. The molecule has 0 aliphatic rings. The van der Waals surface area contributed by atoms with Gasteiger partial charge in [-0.05, 0) is 31.0 Å². The van der Waals surface area contributed by atoms with Crippen molar-refractivity contribution in [1.82, 2.24) is 20.1 Å². The van der Waals surface area contributed by atoms with E-state index in [1.165, 1.54) is 6.07 Å². The first-order valence-electron chi connectivity index (χ1n) is 7.00. The van der Waals surface area contributed by atoms with Gasteiger partial charge in [-0.15, -0.1) is 0 Å². The highest BCUT2D eigenvalue weighted by Crippen LogP contribution is 2.11. The zero-order chi connectivity index (χ0) is 14.4. The number of aromatic nitrogens is 3. The molecule has 1 aromatic carbocycles. The Hall–Kier alpha value is -1.75. The predicted octanol–water partition coefficient (Wildman–Crippen LogP) is 2.11. The molecule has 1 N–H and O–H groups in total. The Morgan fingerprint density at radius 2 is 2.10 bits per heavy atom. The Morgan fingerprint density at radius 3 is 2.75 bits per heavy atom. The molecule has 0 saturated heterocycles. The van der Waals surface area contributed by atoms with Crippen LogP contribution in [0.3, 0.4) is 0 Å². The lowest BCUT2D eigenvalue weighted by Gasteiger charge is -2.18. The van der Waals surface area contributed by atoms with Gasteiger partial charge in [0.25, 0.3) is 0 Å². The third-order valence-corrected chi connectivity index (χ3v) is 3.34. The fourth-order valence-electron chi connectivity index (χ4n) is 2.22. The van der Waals surface area contributed by atoms with Gasteiger partial charge in [0.1, 0.15) is 18.0 Å². The summed E-state index contributed by atoms with van der Waals surface area (Å²) in [6.07, 6.45) is 3.99. The van der Waals surface area contributed by atoms with E-state index in [1.807, 2.05) is 19.2 Å². The standard InChI is InChI=1S/C15H21FN4/c1-3-8-17-13(10-15-18-11-19-20(15)2)9-12-6-4-5-7-14(12)16/h4-7,11,13,17H,3,8-10H2,1-2H3. The molecule has 4 nitrogen and oxygen atoms in total. The second kappa shape index (κ2) is 7.14. The number of nitrogens with one attached hydrogen (secondary N) is 1. The molecule has 0 spiro atoms. The average molecular weight is 276 g/mol. The third-order valence-electron chi connectivity index (χ3n) is 3.34. The molecule has 2 aromatic rings. The van der Waals surface area contributed by atoms with E-state index in [2.05, 4.69) is 22.3 Å². The third kappa shape index (κ3) is 3.87. The molecule has 0 aliphatic carbocycles. The summed E-state index contributed by atoms with van der Waals surface area (Å²) in [7, 11) is 1.88. The maximum atomic E-state index is 13.8. The van der Waals surface area contributed by atoms with Crippen LogP contribution in [0.1, 0.15) is 24.7 Å². The number of benzene rings is 1. The largest absolute Gasteiger partial charge is 0.313 e. The number of nitrogens with zero attached hydrogens (tertiary/aromatic N) is 3.